The van der Waals surface area contributed by atoms with E-state index in [0.29, 0.717) is 50.8 Å². The number of nitrogens with one attached hydrogen (secondary N) is 1. The lowest BCUT2D eigenvalue weighted by atomic mass is 10.1. The summed E-state index contributed by atoms with van der Waals surface area (Å²) < 4.78 is 33.6. The van der Waals surface area contributed by atoms with Crippen LogP contribution >= 0.6 is 0 Å². The number of hydrogen-bond acceptors (Lipinski definition) is 5. The number of aromatic nitrogens is 2. The third kappa shape index (κ3) is 4.20. The molecule has 0 aliphatic carbocycles. The average molecular weight is 420 g/mol. The summed E-state index contributed by atoms with van der Waals surface area (Å²) in [5, 5.41) is 7.06. The lowest BCUT2D eigenvalue weighted by molar-refractivity contribution is 0.0633. The van der Waals surface area contributed by atoms with Gasteiger partial charge in [0.2, 0.25) is 0 Å². The third-order valence-corrected chi connectivity index (χ3v) is 7.34. The first-order chi connectivity index (χ1) is 13.9. The van der Waals surface area contributed by atoms with Crippen LogP contribution in [-0.2, 0) is 14.9 Å². The molecule has 4 rings (SSSR count). The predicted octanol–water partition coefficient (Wildman–Crippen LogP) is 0.720. The summed E-state index contributed by atoms with van der Waals surface area (Å²) >= 11 is 0. The monoisotopic (exact) mass is 419 g/mol. The summed E-state index contributed by atoms with van der Waals surface area (Å²) in [4.78, 5) is 14.5. The van der Waals surface area contributed by atoms with Crippen molar-refractivity contribution in [3.8, 4) is 11.3 Å². The van der Waals surface area contributed by atoms with Crippen molar-refractivity contribution in [2.45, 2.75) is 6.92 Å². The first-order valence-electron chi connectivity index (χ1n) is 9.70. The summed E-state index contributed by atoms with van der Waals surface area (Å²) in [6.45, 7) is 4.86. The molecule has 2 fully saturated rings. The molecule has 1 amide bonds. The first kappa shape index (κ1) is 20.0. The Morgan fingerprint density at radius 1 is 1.00 bits per heavy atom. The van der Waals surface area contributed by atoms with Crippen LogP contribution in [0.3, 0.4) is 0 Å². The maximum atomic E-state index is 12.8. The molecule has 0 unspecified atom stereocenters. The number of ether oxygens (including phenoxy) is 1. The Labute approximate surface area is 170 Å². The summed E-state index contributed by atoms with van der Waals surface area (Å²) in [5.74, 6) is -0.167. The van der Waals surface area contributed by atoms with Crippen molar-refractivity contribution in [3.05, 3.63) is 41.6 Å². The van der Waals surface area contributed by atoms with Gasteiger partial charge in [-0.3, -0.25) is 9.89 Å². The number of morpholine rings is 1. The van der Waals surface area contributed by atoms with Crippen molar-refractivity contribution in [3.63, 3.8) is 0 Å². The molecule has 29 heavy (non-hydrogen) atoms. The molecule has 0 saturated carbocycles. The molecule has 9 nitrogen and oxygen atoms in total. The molecule has 0 atom stereocenters. The fourth-order valence-corrected chi connectivity index (χ4v) is 5.10. The van der Waals surface area contributed by atoms with Gasteiger partial charge in [-0.15, -0.1) is 0 Å². The number of aromatic amines is 1. The van der Waals surface area contributed by atoms with Gasteiger partial charge in [0, 0.05) is 44.8 Å². The van der Waals surface area contributed by atoms with Crippen LogP contribution in [0.15, 0.2) is 30.3 Å². The van der Waals surface area contributed by atoms with Crippen LogP contribution in [0.1, 0.15) is 16.1 Å². The highest BCUT2D eigenvalue weighted by Gasteiger charge is 2.34. The van der Waals surface area contributed by atoms with Gasteiger partial charge in [0.05, 0.1) is 18.9 Å². The molecule has 0 bridgehead atoms. The van der Waals surface area contributed by atoms with Crippen molar-refractivity contribution in [2.24, 2.45) is 0 Å². The summed E-state index contributed by atoms with van der Waals surface area (Å²) in [7, 11) is -3.51. The Morgan fingerprint density at radius 3 is 2.28 bits per heavy atom. The molecular weight excluding hydrogens is 394 g/mol. The van der Waals surface area contributed by atoms with E-state index in [-0.39, 0.29) is 19.0 Å². The number of nitrogens with zero attached hydrogens (tertiary/aromatic N) is 4. The second kappa shape index (κ2) is 8.23. The van der Waals surface area contributed by atoms with Crippen LogP contribution in [0.25, 0.3) is 11.3 Å². The van der Waals surface area contributed by atoms with Crippen LogP contribution < -0.4 is 0 Å². The van der Waals surface area contributed by atoms with Gasteiger partial charge in [-0.2, -0.15) is 22.1 Å². The van der Waals surface area contributed by atoms with E-state index in [4.69, 9.17) is 4.74 Å². The smallest absolute Gasteiger partial charge is 0.282 e. The zero-order chi connectivity index (χ0) is 20.4. The maximum Gasteiger partial charge on any atom is 0.282 e. The molecule has 2 aliphatic rings. The predicted molar refractivity (Wildman–Crippen MR) is 108 cm³/mol. The largest absolute Gasteiger partial charge is 0.379 e. The van der Waals surface area contributed by atoms with Gasteiger partial charge in [-0.25, -0.2) is 0 Å². The van der Waals surface area contributed by atoms with Crippen molar-refractivity contribution in [1.29, 1.82) is 0 Å². The SMILES string of the molecule is Cc1ccc(-c2cc(C(=O)N3CCN(S(=O)(=O)N4CCOCC4)CC3)[nH]n2)cc1. The Kier molecular flexibility index (Phi) is 5.68. The highest BCUT2D eigenvalue weighted by molar-refractivity contribution is 7.86. The van der Waals surface area contributed by atoms with Gasteiger partial charge < -0.3 is 9.64 Å². The van der Waals surface area contributed by atoms with E-state index in [9.17, 15) is 13.2 Å². The molecule has 0 spiro atoms. The summed E-state index contributed by atoms with van der Waals surface area (Å²) in [6.07, 6.45) is 0. The number of amides is 1. The number of H-pyrrole nitrogens is 1. The van der Waals surface area contributed by atoms with Crippen LogP contribution in [0, 0.1) is 6.92 Å². The molecular formula is C19H25N5O4S. The number of rotatable bonds is 4. The molecule has 0 radical (unpaired) electrons. The molecule has 2 aromatic rings. The standard InChI is InChI=1S/C19H25N5O4S/c1-15-2-4-16(5-3-15)17-14-18(21-20-17)19(25)22-6-8-23(9-7-22)29(26,27)24-10-12-28-13-11-24/h2-5,14H,6-13H2,1H3,(H,20,21). The normalized spacial score (nSPS) is 19.4. The minimum atomic E-state index is -3.51. The van der Waals surface area contributed by atoms with Crippen molar-refractivity contribution >= 4 is 16.1 Å². The minimum Gasteiger partial charge on any atom is -0.379 e. The van der Waals surface area contributed by atoms with Gasteiger partial charge in [0.1, 0.15) is 5.69 Å². The number of hydrogen-bond donors (Lipinski definition) is 1. The molecule has 10 heteroatoms. The molecule has 3 heterocycles. The van der Waals surface area contributed by atoms with Crippen LogP contribution in [-0.4, -0.2) is 90.5 Å². The van der Waals surface area contributed by atoms with Crippen molar-refractivity contribution in [2.75, 3.05) is 52.5 Å². The van der Waals surface area contributed by atoms with Gasteiger partial charge in [0.15, 0.2) is 0 Å². The Bertz CT molecular complexity index is 959. The van der Waals surface area contributed by atoms with E-state index in [1.54, 1.807) is 11.0 Å². The van der Waals surface area contributed by atoms with Crippen molar-refractivity contribution < 1.29 is 17.9 Å². The highest BCUT2D eigenvalue weighted by atomic mass is 32.2. The summed E-state index contributed by atoms with van der Waals surface area (Å²) in [5.41, 5.74) is 3.21. The number of carbonyl (C=O) groups is 1. The average Bonchev–Trinajstić information content (AvgIpc) is 3.25. The molecule has 1 aromatic carbocycles. The molecule has 156 valence electrons. The van der Waals surface area contributed by atoms with E-state index in [1.807, 2.05) is 31.2 Å². The van der Waals surface area contributed by atoms with Crippen LogP contribution in [0.2, 0.25) is 0 Å². The number of benzene rings is 1. The van der Waals surface area contributed by atoms with Gasteiger partial charge in [0.25, 0.3) is 16.1 Å². The lowest BCUT2D eigenvalue weighted by Gasteiger charge is -2.37. The molecule has 1 N–H and O–H groups in total. The zero-order valence-corrected chi connectivity index (χ0v) is 17.2. The van der Waals surface area contributed by atoms with Gasteiger partial charge in [-0.1, -0.05) is 29.8 Å². The van der Waals surface area contributed by atoms with Gasteiger partial charge in [-0.05, 0) is 13.0 Å². The molecule has 1 aromatic heterocycles. The Hall–Kier alpha value is -2.27. The van der Waals surface area contributed by atoms with E-state index < -0.39 is 10.2 Å². The second-order valence-corrected chi connectivity index (χ2v) is 9.17. The quantitative estimate of drug-likeness (QED) is 0.787. The van der Waals surface area contributed by atoms with Crippen LogP contribution in [0.4, 0.5) is 0 Å². The van der Waals surface area contributed by atoms with Crippen LogP contribution in [0.5, 0.6) is 0 Å². The zero-order valence-electron chi connectivity index (χ0n) is 16.4. The fourth-order valence-electron chi connectivity index (χ4n) is 3.54. The highest BCUT2D eigenvalue weighted by Crippen LogP contribution is 2.20. The number of aryl methyl sites for hydroxylation is 1. The van der Waals surface area contributed by atoms with E-state index in [0.717, 1.165) is 11.1 Å². The molecule has 2 saturated heterocycles. The second-order valence-electron chi connectivity index (χ2n) is 7.24. The molecule has 2 aliphatic heterocycles. The summed E-state index contributed by atoms with van der Waals surface area (Å²) in [6, 6.07) is 9.67. The van der Waals surface area contributed by atoms with E-state index in [2.05, 4.69) is 10.2 Å². The fraction of sp³-hybridized carbons (Fsp3) is 0.474. The minimum absolute atomic E-state index is 0.167. The topological polar surface area (TPSA) is 98.8 Å². The van der Waals surface area contributed by atoms with Gasteiger partial charge >= 0.3 is 0 Å². The van der Waals surface area contributed by atoms with Crippen molar-refractivity contribution in [1.82, 2.24) is 23.7 Å². The number of piperazine rings is 1. The number of carbonyl (C=O) groups excluding carboxylic acids is 1. The Balaban J connectivity index is 1.38. The van der Waals surface area contributed by atoms with E-state index >= 15 is 0 Å². The maximum absolute atomic E-state index is 12.8. The third-order valence-electron chi connectivity index (χ3n) is 5.30. The van der Waals surface area contributed by atoms with E-state index in [1.165, 1.54) is 8.61 Å². The Morgan fingerprint density at radius 2 is 1.62 bits per heavy atom. The first-order valence-corrected chi connectivity index (χ1v) is 11.1. The lowest BCUT2D eigenvalue weighted by Crippen LogP contribution is -2.55.